The maximum absolute atomic E-state index is 11.4. The number of esters is 1. The summed E-state index contributed by atoms with van der Waals surface area (Å²) >= 11 is 3.56. The van der Waals surface area contributed by atoms with Gasteiger partial charge in [-0.25, -0.2) is 4.79 Å². The number of nitrogens with zero attached hydrogens (tertiary/aromatic N) is 3. The Hall–Kier alpha value is -1.95. The number of aromatic nitrogens is 2. The van der Waals surface area contributed by atoms with E-state index in [0.717, 1.165) is 36.2 Å². The van der Waals surface area contributed by atoms with E-state index in [1.54, 1.807) is 6.07 Å². The third-order valence-electron chi connectivity index (χ3n) is 4.52. The van der Waals surface area contributed by atoms with Crippen LogP contribution in [0.3, 0.4) is 0 Å². The maximum atomic E-state index is 11.4. The molecule has 0 spiro atoms. The van der Waals surface area contributed by atoms with E-state index in [1.165, 1.54) is 18.2 Å². The lowest BCUT2D eigenvalue weighted by Gasteiger charge is -2.32. The summed E-state index contributed by atoms with van der Waals surface area (Å²) in [5.41, 5.74) is 2.92. The molecule has 0 aliphatic carbocycles. The molecule has 2 heterocycles. The van der Waals surface area contributed by atoms with E-state index in [4.69, 9.17) is 0 Å². The van der Waals surface area contributed by atoms with Crippen molar-refractivity contribution in [1.29, 1.82) is 0 Å². The Kier molecular flexibility index (Phi) is 5.14. The topological polar surface area (TPSA) is 55.3 Å². The highest BCUT2D eigenvalue weighted by Crippen LogP contribution is 2.31. The number of halogens is 1. The number of aryl methyl sites for hydroxylation is 1. The van der Waals surface area contributed by atoms with Crippen LogP contribution in [0.2, 0.25) is 0 Å². The van der Waals surface area contributed by atoms with Gasteiger partial charge < -0.3 is 9.64 Å². The molecule has 1 saturated heterocycles. The number of piperidine rings is 1. The Bertz CT molecular complexity index is 726. The van der Waals surface area contributed by atoms with Crippen LogP contribution < -0.4 is 4.90 Å². The van der Waals surface area contributed by atoms with Crippen molar-refractivity contribution in [3.63, 3.8) is 0 Å². The fourth-order valence-electron chi connectivity index (χ4n) is 3.07. The second kappa shape index (κ2) is 7.30. The number of ether oxygens (including phenoxy) is 1. The highest BCUT2D eigenvalue weighted by molar-refractivity contribution is 9.10. The van der Waals surface area contributed by atoms with Crippen LogP contribution in [0, 0.1) is 6.92 Å². The lowest BCUT2D eigenvalue weighted by Crippen LogP contribution is -2.33. The largest absolute Gasteiger partial charge is 0.464 e. The van der Waals surface area contributed by atoms with Gasteiger partial charge in [-0.3, -0.25) is 0 Å². The van der Waals surface area contributed by atoms with E-state index in [2.05, 4.69) is 60.9 Å². The molecule has 126 valence electrons. The van der Waals surface area contributed by atoms with E-state index >= 15 is 0 Å². The number of benzene rings is 1. The number of carbonyl (C=O) groups excluding carboxylic acids is 1. The van der Waals surface area contributed by atoms with Crippen molar-refractivity contribution in [1.82, 2.24) is 10.2 Å². The smallest absolute Gasteiger partial charge is 0.358 e. The summed E-state index contributed by atoms with van der Waals surface area (Å²) in [5.74, 6) is 0.932. The predicted molar refractivity (Wildman–Crippen MR) is 96.4 cm³/mol. The van der Waals surface area contributed by atoms with E-state index < -0.39 is 5.97 Å². The van der Waals surface area contributed by atoms with Crippen LogP contribution in [-0.4, -0.2) is 36.4 Å². The van der Waals surface area contributed by atoms with Crippen molar-refractivity contribution in [2.75, 3.05) is 25.1 Å². The van der Waals surface area contributed by atoms with Gasteiger partial charge in [0.25, 0.3) is 0 Å². The number of hydrogen-bond acceptors (Lipinski definition) is 5. The second-order valence-corrected chi connectivity index (χ2v) is 6.89. The Morgan fingerprint density at radius 3 is 2.54 bits per heavy atom. The molecule has 0 amide bonds. The SMILES string of the molecule is COC(=O)c1ccc(N2CCC(c3ccc(Br)c(C)c3)CC2)nn1. The van der Waals surface area contributed by atoms with Crippen molar-refractivity contribution in [2.24, 2.45) is 0 Å². The molecule has 1 aliphatic heterocycles. The van der Waals surface area contributed by atoms with E-state index in [0.29, 0.717) is 5.92 Å². The van der Waals surface area contributed by atoms with E-state index in [9.17, 15) is 4.79 Å². The van der Waals surface area contributed by atoms with Crippen molar-refractivity contribution in [3.05, 3.63) is 51.6 Å². The highest BCUT2D eigenvalue weighted by Gasteiger charge is 2.22. The Labute approximate surface area is 150 Å². The van der Waals surface area contributed by atoms with E-state index in [1.807, 2.05) is 6.07 Å². The molecule has 3 rings (SSSR count). The molecule has 0 radical (unpaired) electrons. The summed E-state index contributed by atoms with van der Waals surface area (Å²) in [6.45, 7) is 4.00. The fraction of sp³-hybridized carbons (Fsp3) is 0.389. The lowest BCUT2D eigenvalue weighted by atomic mass is 9.89. The lowest BCUT2D eigenvalue weighted by molar-refractivity contribution is 0.0592. The van der Waals surface area contributed by atoms with Crippen LogP contribution in [0.4, 0.5) is 5.82 Å². The van der Waals surface area contributed by atoms with Gasteiger partial charge in [0.1, 0.15) is 0 Å². The Morgan fingerprint density at radius 2 is 1.96 bits per heavy atom. The number of carbonyl (C=O) groups is 1. The first-order valence-corrected chi connectivity index (χ1v) is 8.81. The predicted octanol–water partition coefficient (Wildman–Crippen LogP) is 3.72. The van der Waals surface area contributed by atoms with Crippen LogP contribution >= 0.6 is 15.9 Å². The maximum Gasteiger partial charge on any atom is 0.358 e. The molecular formula is C18H20BrN3O2. The zero-order valence-corrected chi connectivity index (χ0v) is 15.4. The van der Waals surface area contributed by atoms with Crippen LogP contribution in [-0.2, 0) is 4.74 Å². The van der Waals surface area contributed by atoms with Crippen molar-refractivity contribution in [3.8, 4) is 0 Å². The average molecular weight is 390 g/mol. The minimum absolute atomic E-state index is 0.237. The van der Waals surface area contributed by atoms with Crippen molar-refractivity contribution < 1.29 is 9.53 Å². The monoisotopic (exact) mass is 389 g/mol. The summed E-state index contributed by atoms with van der Waals surface area (Å²) in [6, 6.07) is 10.1. The average Bonchev–Trinajstić information content (AvgIpc) is 2.63. The number of methoxy groups -OCH3 is 1. The van der Waals surface area contributed by atoms with Crippen LogP contribution in [0.1, 0.15) is 40.4 Å². The molecule has 1 aliphatic rings. The van der Waals surface area contributed by atoms with Gasteiger partial charge in [0.05, 0.1) is 7.11 Å². The second-order valence-electron chi connectivity index (χ2n) is 6.04. The zero-order chi connectivity index (χ0) is 17.1. The summed E-state index contributed by atoms with van der Waals surface area (Å²) in [5, 5.41) is 8.12. The van der Waals surface area contributed by atoms with Gasteiger partial charge in [0.2, 0.25) is 0 Å². The van der Waals surface area contributed by atoms with Gasteiger partial charge >= 0.3 is 5.97 Å². The summed E-state index contributed by atoms with van der Waals surface area (Å²) < 4.78 is 5.80. The first-order chi connectivity index (χ1) is 11.6. The van der Waals surface area contributed by atoms with Crippen LogP contribution in [0.15, 0.2) is 34.8 Å². The van der Waals surface area contributed by atoms with E-state index in [-0.39, 0.29) is 5.69 Å². The molecule has 0 atom stereocenters. The van der Waals surface area contributed by atoms with Crippen LogP contribution in [0.25, 0.3) is 0 Å². The molecule has 6 heteroatoms. The van der Waals surface area contributed by atoms with Gasteiger partial charge in [0.15, 0.2) is 11.5 Å². The Balaban J connectivity index is 1.64. The standard InChI is InChI=1S/C18H20BrN3O2/c1-12-11-14(3-4-15(12)19)13-7-9-22(10-8-13)17-6-5-16(20-21-17)18(23)24-2/h3-6,11,13H,7-10H2,1-2H3. The molecule has 0 bridgehead atoms. The Morgan fingerprint density at radius 1 is 1.21 bits per heavy atom. The molecule has 0 unspecified atom stereocenters. The molecule has 2 aromatic rings. The minimum atomic E-state index is -0.460. The van der Waals surface area contributed by atoms with Crippen LogP contribution in [0.5, 0.6) is 0 Å². The number of anilines is 1. The first-order valence-electron chi connectivity index (χ1n) is 8.01. The molecule has 0 saturated carbocycles. The molecule has 1 aromatic carbocycles. The van der Waals surface area contributed by atoms with Gasteiger partial charge in [0, 0.05) is 17.6 Å². The summed E-state index contributed by atoms with van der Waals surface area (Å²) in [7, 11) is 1.34. The van der Waals surface area contributed by atoms with Gasteiger partial charge in [-0.1, -0.05) is 28.1 Å². The minimum Gasteiger partial charge on any atom is -0.464 e. The van der Waals surface area contributed by atoms with Gasteiger partial charge in [-0.05, 0) is 55.0 Å². The fourth-order valence-corrected chi connectivity index (χ4v) is 3.32. The first kappa shape index (κ1) is 16.9. The molecule has 1 fully saturated rings. The summed E-state index contributed by atoms with van der Waals surface area (Å²) in [4.78, 5) is 13.6. The number of rotatable bonds is 3. The normalized spacial score (nSPS) is 15.4. The molecule has 24 heavy (non-hydrogen) atoms. The third-order valence-corrected chi connectivity index (χ3v) is 5.41. The molecule has 5 nitrogen and oxygen atoms in total. The summed E-state index contributed by atoms with van der Waals surface area (Å²) in [6.07, 6.45) is 2.17. The quantitative estimate of drug-likeness (QED) is 0.748. The molecule has 1 aromatic heterocycles. The van der Waals surface area contributed by atoms with Gasteiger partial charge in [-0.2, -0.15) is 0 Å². The van der Waals surface area contributed by atoms with Gasteiger partial charge in [-0.15, -0.1) is 10.2 Å². The molecule has 0 N–H and O–H groups in total. The molecular weight excluding hydrogens is 370 g/mol. The number of hydrogen-bond donors (Lipinski definition) is 0. The third kappa shape index (κ3) is 3.59. The van der Waals surface area contributed by atoms with Crippen molar-refractivity contribution >= 4 is 27.7 Å². The zero-order valence-electron chi connectivity index (χ0n) is 13.8. The highest BCUT2D eigenvalue weighted by atomic mass is 79.9. The van der Waals surface area contributed by atoms with Crippen molar-refractivity contribution in [2.45, 2.75) is 25.7 Å².